The highest BCUT2D eigenvalue weighted by atomic mass is 15.2. The van der Waals surface area contributed by atoms with Crippen LogP contribution in [0.4, 0.5) is 11.4 Å². The van der Waals surface area contributed by atoms with Crippen molar-refractivity contribution in [2.45, 2.75) is 19.4 Å². The molecule has 2 N–H and O–H groups in total. The molecule has 1 atom stereocenters. The van der Waals surface area contributed by atoms with E-state index in [1.165, 1.54) is 22.5 Å². The highest BCUT2D eigenvalue weighted by molar-refractivity contribution is 5.72. The molecular weight excluding hydrogens is 220 g/mol. The van der Waals surface area contributed by atoms with Crippen LogP contribution in [0, 0.1) is 0 Å². The molecule has 0 unspecified atom stereocenters. The predicted molar refractivity (Wildman–Crippen MR) is 76.2 cm³/mol. The normalized spacial score (nSPS) is 15.6. The van der Waals surface area contributed by atoms with Crippen molar-refractivity contribution >= 4 is 11.4 Å². The Morgan fingerprint density at radius 1 is 1.00 bits per heavy atom. The molecule has 92 valence electrons. The van der Waals surface area contributed by atoms with Gasteiger partial charge in [0.1, 0.15) is 0 Å². The van der Waals surface area contributed by atoms with E-state index in [4.69, 9.17) is 5.73 Å². The van der Waals surface area contributed by atoms with Crippen molar-refractivity contribution in [3.63, 3.8) is 0 Å². The average molecular weight is 238 g/mol. The van der Waals surface area contributed by atoms with Crippen molar-refractivity contribution in [2.24, 2.45) is 5.73 Å². The maximum Gasteiger partial charge on any atom is 0.0459 e. The second-order valence-corrected chi connectivity index (χ2v) is 4.88. The van der Waals surface area contributed by atoms with E-state index in [-0.39, 0.29) is 6.04 Å². The zero-order chi connectivity index (χ0) is 12.5. The van der Waals surface area contributed by atoms with Crippen LogP contribution in [-0.4, -0.2) is 6.54 Å². The van der Waals surface area contributed by atoms with Crippen molar-refractivity contribution in [3.8, 4) is 0 Å². The standard InChI is InChI=1S/C16H18N2/c1-12(17)14-7-3-5-9-16(14)18-11-10-13-6-2-4-8-15(13)18/h2-9,12H,10-11,17H2,1H3/t12-/m0/s1. The first-order valence-corrected chi connectivity index (χ1v) is 6.47. The Balaban J connectivity index is 2.08. The summed E-state index contributed by atoms with van der Waals surface area (Å²) in [7, 11) is 0. The molecule has 3 rings (SSSR count). The number of fused-ring (bicyclic) bond motifs is 1. The fraction of sp³-hybridized carbons (Fsp3) is 0.250. The van der Waals surface area contributed by atoms with E-state index in [0.717, 1.165) is 13.0 Å². The summed E-state index contributed by atoms with van der Waals surface area (Å²) in [5.41, 5.74) is 11.3. The molecule has 2 nitrogen and oxygen atoms in total. The molecule has 0 radical (unpaired) electrons. The third kappa shape index (κ3) is 1.79. The first-order valence-electron chi connectivity index (χ1n) is 6.47. The highest BCUT2D eigenvalue weighted by Crippen LogP contribution is 2.37. The minimum Gasteiger partial charge on any atom is -0.341 e. The summed E-state index contributed by atoms with van der Waals surface area (Å²) >= 11 is 0. The van der Waals surface area contributed by atoms with E-state index in [2.05, 4.69) is 53.4 Å². The summed E-state index contributed by atoms with van der Waals surface area (Å²) in [5, 5.41) is 0. The number of benzene rings is 2. The van der Waals surface area contributed by atoms with Crippen LogP contribution in [0.2, 0.25) is 0 Å². The van der Waals surface area contributed by atoms with Gasteiger partial charge in [0.05, 0.1) is 0 Å². The summed E-state index contributed by atoms with van der Waals surface area (Å²) in [6, 6.07) is 17.1. The fourth-order valence-corrected chi connectivity index (χ4v) is 2.71. The molecular formula is C16H18N2. The molecule has 18 heavy (non-hydrogen) atoms. The highest BCUT2D eigenvalue weighted by Gasteiger charge is 2.22. The van der Waals surface area contributed by atoms with E-state index in [0.29, 0.717) is 0 Å². The Labute approximate surface area is 108 Å². The van der Waals surface area contributed by atoms with Crippen molar-refractivity contribution in [1.29, 1.82) is 0 Å². The lowest BCUT2D eigenvalue weighted by Crippen LogP contribution is -2.17. The van der Waals surface area contributed by atoms with Gasteiger partial charge in [-0.2, -0.15) is 0 Å². The number of nitrogens with zero attached hydrogens (tertiary/aromatic N) is 1. The van der Waals surface area contributed by atoms with Crippen LogP contribution in [0.25, 0.3) is 0 Å². The quantitative estimate of drug-likeness (QED) is 0.868. The van der Waals surface area contributed by atoms with E-state index in [1.807, 2.05) is 6.92 Å². The van der Waals surface area contributed by atoms with Crippen LogP contribution < -0.4 is 10.6 Å². The number of anilines is 2. The molecule has 1 heterocycles. The number of para-hydroxylation sites is 2. The van der Waals surface area contributed by atoms with E-state index in [1.54, 1.807) is 0 Å². The lowest BCUT2D eigenvalue weighted by Gasteiger charge is -2.24. The van der Waals surface area contributed by atoms with Crippen LogP contribution in [0.3, 0.4) is 0 Å². The second-order valence-electron chi connectivity index (χ2n) is 4.88. The van der Waals surface area contributed by atoms with Crippen molar-refractivity contribution in [3.05, 3.63) is 59.7 Å². The van der Waals surface area contributed by atoms with Crippen molar-refractivity contribution in [2.75, 3.05) is 11.4 Å². The third-order valence-corrected chi connectivity index (χ3v) is 3.61. The molecule has 0 aliphatic carbocycles. The third-order valence-electron chi connectivity index (χ3n) is 3.61. The van der Waals surface area contributed by atoms with Gasteiger partial charge in [0, 0.05) is 24.0 Å². The molecule has 1 aliphatic rings. The Morgan fingerprint density at radius 2 is 1.67 bits per heavy atom. The van der Waals surface area contributed by atoms with Gasteiger partial charge in [0.2, 0.25) is 0 Å². The predicted octanol–water partition coefficient (Wildman–Crippen LogP) is 3.40. The van der Waals surface area contributed by atoms with Gasteiger partial charge in [0.15, 0.2) is 0 Å². The van der Waals surface area contributed by atoms with Crippen LogP contribution in [0.15, 0.2) is 48.5 Å². The van der Waals surface area contributed by atoms with Crippen LogP contribution >= 0.6 is 0 Å². The first kappa shape index (κ1) is 11.3. The SMILES string of the molecule is C[C@H](N)c1ccccc1N1CCc2ccccc21. The number of hydrogen-bond donors (Lipinski definition) is 1. The molecule has 0 bridgehead atoms. The number of nitrogens with two attached hydrogens (primary N) is 1. The Bertz CT molecular complexity index is 561. The van der Waals surface area contributed by atoms with Crippen molar-refractivity contribution in [1.82, 2.24) is 0 Å². The molecule has 2 heteroatoms. The van der Waals surface area contributed by atoms with Crippen LogP contribution in [-0.2, 0) is 6.42 Å². The van der Waals surface area contributed by atoms with Gasteiger partial charge in [-0.1, -0.05) is 36.4 Å². The van der Waals surface area contributed by atoms with Gasteiger partial charge >= 0.3 is 0 Å². The molecule has 0 saturated carbocycles. The maximum absolute atomic E-state index is 6.08. The van der Waals surface area contributed by atoms with Gasteiger partial charge in [-0.3, -0.25) is 0 Å². The molecule has 1 aliphatic heterocycles. The lowest BCUT2D eigenvalue weighted by molar-refractivity contribution is 0.811. The molecule has 0 fully saturated rings. The molecule has 0 aromatic heterocycles. The fourth-order valence-electron chi connectivity index (χ4n) is 2.71. The topological polar surface area (TPSA) is 29.3 Å². The average Bonchev–Trinajstić information content (AvgIpc) is 2.82. The van der Waals surface area contributed by atoms with Crippen LogP contribution in [0.5, 0.6) is 0 Å². The monoisotopic (exact) mass is 238 g/mol. The van der Waals surface area contributed by atoms with Gasteiger partial charge < -0.3 is 10.6 Å². The lowest BCUT2D eigenvalue weighted by atomic mass is 10.1. The number of rotatable bonds is 2. The molecule has 0 spiro atoms. The van der Waals surface area contributed by atoms with Gasteiger partial charge in [-0.05, 0) is 36.6 Å². The summed E-state index contributed by atoms with van der Waals surface area (Å²) in [6.45, 7) is 3.09. The minimum absolute atomic E-state index is 0.0639. The van der Waals surface area contributed by atoms with Gasteiger partial charge in [0.25, 0.3) is 0 Å². The Hall–Kier alpha value is -1.80. The Kier molecular flexibility index (Phi) is 2.80. The molecule has 2 aromatic carbocycles. The van der Waals surface area contributed by atoms with Crippen molar-refractivity contribution < 1.29 is 0 Å². The zero-order valence-electron chi connectivity index (χ0n) is 10.6. The smallest absolute Gasteiger partial charge is 0.0459 e. The first-order chi connectivity index (χ1) is 8.77. The molecule has 0 amide bonds. The minimum atomic E-state index is 0.0639. The van der Waals surface area contributed by atoms with Crippen LogP contribution in [0.1, 0.15) is 24.1 Å². The maximum atomic E-state index is 6.08. The number of hydrogen-bond acceptors (Lipinski definition) is 2. The van der Waals surface area contributed by atoms with Gasteiger partial charge in [-0.15, -0.1) is 0 Å². The summed E-state index contributed by atoms with van der Waals surface area (Å²) < 4.78 is 0. The van der Waals surface area contributed by atoms with E-state index in [9.17, 15) is 0 Å². The Morgan fingerprint density at radius 3 is 2.44 bits per heavy atom. The zero-order valence-corrected chi connectivity index (χ0v) is 10.6. The summed E-state index contributed by atoms with van der Waals surface area (Å²) in [5.74, 6) is 0. The molecule has 2 aromatic rings. The largest absolute Gasteiger partial charge is 0.341 e. The van der Waals surface area contributed by atoms with E-state index < -0.39 is 0 Å². The molecule has 0 saturated heterocycles. The summed E-state index contributed by atoms with van der Waals surface area (Å²) in [6.07, 6.45) is 1.11. The summed E-state index contributed by atoms with van der Waals surface area (Å²) in [4.78, 5) is 2.38. The van der Waals surface area contributed by atoms with E-state index >= 15 is 0 Å². The van der Waals surface area contributed by atoms with Gasteiger partial charge in [-0.25, -0.2) is 0 Å². The second kappa shape index (κ2) is 4.46.